The summed E-state index contributed by atoms with van der Waals surface area (Å²) in [5.41, 5.74) is 5.67. The standard InChI is InChI=1S/C13H12F3N3S/c14-13(15,16)10-4-1-3-9(7-10)11(17)8-20-12-18-5-2-6-19-12/h1-7,11H,8,17H2. The van der Waals surface area contributed by atoms with Gasteiger partial charge in [0.25, 0.3) is 0 Å². The summed E-state index contributed by atoms with van der Waals surface area (Å²) in [4.78, 5) is 8.03. The molecule has 0 saturated carbocycles. The van der Waals surface area contributed by atoms with E-state index in [9.17, 15) is 13.2 Å². The van der Waals surface area contributed by atoms with Gasteiger partial charge < -0.3 is 5.73 Å². The molecule has 20 heavy (non-hydrogen) atoms. The molecule has 2 rings (SSSR count). The van der Waals surface area contributed by atoms with Crippen LogP contribution < -0.4 is 5.73 Å². The number of thioether (sulfide) groups is 1. The van der Waals surface area contributed by atoms with E-state index in [-0.39, 0.29) is 0 Å². The molecular formula is C13H12F3N3S. The van der Waals surface area contributed by atoms with E-state index in [4.69, 9.17) is 5.73 Å². The third-order valence-corrected chi connectivity index (χ3v) is 3.57. The second-order valence-electron chi connectivity index (χ2n) is 4.07. The molecule has 0 amide bonds. The zero-order chi connectivity index (χ0) is 14.6. The van der Waals surface area contributed by atoms with Crippen molar-refractivity contribution >= 4 is 11.8 Å². The van der Waals surface area contributed by atoms with Crippen LogP contribution in [0.1, 0.15) is 17.2 Å². The first-order valence-corrected chi connectivity index (χ1v) is 6.78. The van der Waals surface area contributed by atoms with Gasteiger partial charge in [0.1, 0.15) is 0 Å². The predicted molar refractivity (Wildman–Crippen MR) is 71.1 cm³/mol. The maximum atomic E-state index is 12.6. The van der Waals surface area contributed by atoms with Crippen LogP contribution in [-0.2, 0) is 6.18 Å². The van der Waals surface area contributed by atoms with Gasteiger partial charge in [-0.25, -0.2) is 9.97 Å². The Morgan fingerprint density at radius 3 is 2.50 bits per heavy atom. The smallest absolute Gasteiger partial charge is 0.323 e. The summed E-state index contributed by atoms with van der Waals surface area (Å²) in [6.45, 7) is 0. The Morgan fingerprint density at radius 2 is 1.85 bits per heavy atom. The summed E-state index contributed by atoms with van der Waals surface area (Å²) in [6, 6.07) is 6.25. The number of rotatable bonds is 4. The average Bonchev–Trinajstić information content (AvgIpc) is 2.45. The summed E-state index contributed by atoms with van der Waals surface area (Å²) < 4.78 is 37.8. The average molecular weight is 299 g/mol. The van der Waals surface area contributed by atoms with Crippen LogP contribution in [0, 0.1) is 0 Å². The number of nitrogens with two attached hydrogens (primary N) is 1. The summed E-state index contributed by atoms with van der Waals surface area (Å²) in [6.07, 6.45) is -1.15. The monoisotopic (exact) mass is 299 g/mol. The molecule has 1 unspecified atom stereocenters. The Labute approximate surface area is 118 Å². The second-order valence-corrected chi connectivity index (χ2v) is 5.06. The molecule has 0 aliphatic heterocycles. The highest BCUT2D eigenvalue weighted by atomic mass is 32.2. The lowest BCUT2D eigenvalue weighted by atomic mass is 10.1. The number of aromatic nitrogens is 2. The number of hydrogen-bond donors (Lipinski definition) is 1. The van der Waals surface area contributed by atoms with Gasteiger partial charge in [0, 0.05) is 24.2 Å². The molecule has 0 fully saturated rings. The molecule has 1 atom stereocenters. The molecule has 1 aromatic carbocycles. The van der Waals surface area contributed by atoms with E-state index in [2.05, 4.69) is 9.97 Å². The fourth-order valence-corrected chi connectivity index (χ4v) is 2.36. The Hall–Kier alpha value is -1.60. The normalized spacial score (nSPS) is 13.2. The van der Waals surface area contributed by atoms with E-state index in [1.165, 1.54) is 17.8 Å². The van der Waals surface area contributed by atoms with E-state index in [1.54, 1.807) is 24.5 Å². The summed E-state index contributed by atoms with van der Waals surface area (Å²) >= 11 is 1.31. The van der Waals surface area contributed by atoms with Crippen molar-refractivity contribution in [3.8, 4) is 0 Å². The molecule has 2 aromatic rings. The van der Waals surface area contributed by atoms with Gasteiger partial charge in [-0.1, -0.05) is 23.9 Å². The van der Waals surface area contributed by atoms with Gasteiger partial charge in [-0.15, -0.1) is 0 Å². The topological polar surface area (TPSA) is 51.8 Å². The number of halogens is 3. The Bertz CT molecular complexity index is 560. The maximum absolute atomic E-state index is 12.6. The molecule has 0 saturated heterocycles. The third kappa shape index (κ3) is 3.94. The van der Waals surface area contributed by atoms with Gasteiger partial charge in [-0.2, -0.15) is 13.2 Å². The summed E-state index contributed by atoms with van der Waals surface area (Å²) in [5.74, 6) is 0.408. The molecule has 0 bridgehead atoms. The second kappa shape index (κ2) is 6.23. The van der Waals surface area contributed by atoms with Crippen LogP contribution in [0.3, 0.4) is 0 Å². The van der Waals surface area contributed by atoms with Crippen molar-refractivity contribution in [2.75, 3.05) is 5.75 Å². The van der Waals surface area contributed by atoms with Crippen LogP contribution >= 0.6 is 11.8 Å². The minimum absolute atomic E-state index is 0.408. The number of hydrogen-bond acceptors (Lipinski definition) is 4. The fraction of sp³-hybridized carbons (Fsp3) is 0.231. The quantitative estimate of drug-likeness (QED) is 0.695. The van der Waals surface area contributed by atoms with Crippen molar-refractivity contribution in [2.45, 2.75) is 17.4 Å². The molecule has 0 spiro atoms. The molecule has 1 heterocycles. The third-order valence-electron chi connectivity index (χ3n) is 2.58. The van der Waals surface area contributed by atoms with Crippen molar-refractivity contribution in [3.05, 3.63) is 53.9 Å². The molecule has 7 heteroatoms. The van der Waals surface area contributed by atoms with Crippen LogP contribution in [0.15, 0.2) is 47.9 Å². The van der Waals surface area contributed by atoms with Gasteiger partial charge >= 0.3 is 6.18 Å². The van der Waals surface area contributed by atoms with Crippen LogP contribution in [0.2, 0.25) is 0 Å². The number of benzene rings is 1. The van der Waals surface area contributed by atoms with Gasteiger partial charge in [-0.05, 0) is 23.8 Å². The van der Waals surface area contributed by atoms with Gasteiger partial charge in [0.15, 0.2) is 5.16 Å². The highest BCUT2D eigenvalue weighted by molar-refractivity contribution is 7.99. The Balaban J connectivity index is 2.04. The largest absolute Gasteiger partial charge is 0.416 e. The van der Waals surface area contributed by atoms with Crippen molar-refractivity contribution in [2.24, 2.45) is 5.73 Å². The van der Waals surface area contributed by atoms with Crippen LogP contribution in [0.4, 0.5) is 13.2 Å². The molecule has 106 valence electrons. The lowest BCUT2D eigenvalue weighted by Crippen LogP contribution is -2.15. The van der Waals surface area contributed by atoms with Crippen molar-refractivity contribution in [3.63, 3.8) is 0 Å². The fourth-order valence-electron chi connectivity index (χ4n) is 1.57. The maximum Gasteiger partial charge on any atom is 0.416 e. The number of alkyl halides is 3. The van der Waals surface area contributed by atoms with E-state index in [1.807, 2.05) is 0 Å². The SMILES string of the molecule is NC(CSc1ncccn1)c1cccc(C(F)(F)F)c1. The van der Waals surface area contributed by atoms with E-state index in [0.717, 1.165) is 12.1 Å². The van der Waals surface area contributed by atoms with Crippen molar-refractivity contribution in [1.29, 1.82) is 0 Å². The minimum atomic E-state index is -4.36. The van der Waals surface area contributed by atoms with E-state index < -0.39 is 17.8 Å². The van der Waals surface area contributed by atoms with Gasteiger partial charge in [0.2, 0.25) is 0 Å². The molecule has 0 aliphatic rings. The molecule has 1 aromatic heterocycles. The van der Waals surface area contributed by atoms with Crippen molar-refractivity contribution in [1.82, 2.24) is 9.97 Å². The highest BCUT2D eigenvalue weighted by Gasteiger charge is 2.30. The lowest BCUT2D eigenvalue weighted by molar-refractivity contribution is -0.137. The molecule has 0 aliphatic carbocycles. The molecule has 3 nitrogen and oxygen atoms in total. The molecular weight excluding hydrogens is 287 g/mol. The minimum Gasteiger partial charge on any atom is -0.323 e. The van der Waals surface area contributed by atoms with Crippen LogP contribution in [0.5, 0.6) is 0 Å². The van der Waals surface area contributed by atoms with Crippen molar-refractivity contribution < 1.29 is 13.2 Å². The van der Waals surface area contributed by atoms with Gasteiger partial charge in [0.05, 0.1) is 5.56 Å². The zero-order valence-corrected chi connectivity index (χ0v) is 11.2. The van der Waals surface area contributed by atoms with Crippen LogP contribution in [0.25, 0.3) is 0 Å². The van der Waals surface area contributed by atoms with E-state index in [0.29, 0.717) is 16.5 Å². The summed E-state index contributed by atoms with van der Waals surface area (Å²) in [7, 11) is 0. The first-order valence-electron chi connectivity index (χ1n) is 5.79. The predicted octanol–water partition coefficient (Wildman–Crippen LogP) is 3.29. The summed E-state index contributed by atoms with van der Waals surface area (Å²) in [5, 5.41) is 0.551. The Morgan fingerprint density at radius 1 is 1.15 bits per heavy atom. The molecule has 0 radical (unpaired) electrons. The van der Waals surface area contributed by atoms with E-state index >= 15 is 0 Å². The molecule has 2 N–H and O–H groups in total. The first kappa shape index (κ1) is 14.8. The Kier molecular flexibility index (Phi) is 4.61. The number of nitrogens with zero attached hydrogens (tertiary/aromatic N) is 2. The zero-order valence-electron chi connectivity index (χ0n) is 10.3. The van der Waals surface area contributed by atoms with Crippen LogP contribution in [-0.4, -0.2) is 15.7 Å². The lowest BCUT2D eigenvalue weighted by Gasteiger charge is -2.13. The first-order chi connectivity index (χ1) is 9.47. The highest BCUT2D eigenvalue weighted by Crippen LogP contribution is 2.31. The van der Waals surface area contributed by atoms with Gasteiger partial charge in [-0.3, -0.25) is 0 Å².